The van der Waals surface area contributed by atoms with Crippen LogP contribution in [0.5, 0.6) is 0 Å². The number of halogens is 1. The van der Waals surface area contributed by atoms with Crippen molar-refractivity contribution >= 4 is 28.8 Å². The Labute approximate surface area is 119 Å². The number of para-hydroxylation sites is 1. The molecule has 3 aromatic rings. The normalized spacial score (nSPS) is 10.8. The van der Waals surface area contributed by atoms with E-state index in [0.29, 0.717) is 16.7 Å². The van der Waals surface area contributed by atoms with Crippen molar-refractivity contribution in [2.75, 3.05) is 5.32 Å². The van der Waals surface area contributed by atoms with Gasteiger partial charge in [-0.05, 0) is 36.8 Å². The molecule has 0 bridgehead atoms. The number of benzene rings is 2. The van der Waals surface area contributed by atoms with Gasteiger partial charge in [0.05, 0.1) is 11.3 Å². The van der Waals surface area contributed by atoms with E-state index in [0.717, 1.165) is 0 Å². The van der Waals surface area contributed by atoms with Gasteiger partial charge in [-0.25, -0.2) is 9.18 Å². The molecule has 0 saturated carbocycles. The number of aromatic nitrogens is 1. The average molecular weight is 286 g/mol. The van der Waals surface area contributed by atoms with Gasteiger partial charge in [0, 0.05) is 0 Å². The van der Waals surface area contributed by atoms with Crippen molar-refractivity contribution in [1.29, 1.82) is 0 Å². The van der Waals surface area contributed by atoms with Crippen molar-refractivity contribution < 1.29 is 18.7 Å². The molecule has 5 nitrogen and oxygen atoms in total. The van der Waals surface area contributed by atoms with Gasteiger partial charge in [-0.15, -0.1) is 0 Å². The lowest BCUT2D eigenvalue weighted by Gasteiger charge is -2.06. The highest BCUT2D eigenvalue weighted by Gasteiger charge is 2.12. The molecule has 0 radical (unpaired) electrons. The zero-order valence-electron chi connectivity index (χ0n) is 11.1. The Morgan fingerprint density at radius 2 is 2.14 bits per heavy atom. The molecule has 0 atom stereocenters. The molecule has 1 heterocycles. The molecule has 0 aliphatic carbocycles. The predicted octanol–water partition coefficient (Wildman–Crippen LogP) is 3.72. The molecule has 0 saturated heterocycles. The molecule has 0 amide bonds. The maximum absolute atomic E-state index is 13.8. The van der Waals surface area contributed by atoms with Gasteiger partial charge in [-0.3, -0.25) is 0 Å². The molecule has 106 valence electrons. The number of aryl methyl sites for hydroxylation is 1. The van der Waals surface area contributed by atoms with Crippen molar-refractivity contribution in [3.8, 4) is 0 Å². The first-order chi connectivity index (χ1) is 10.0. The third-order valence-corrected chi connectivity index (χ3v) is 3.09. The number of oxazole rings is 1. The Hall–Kier alpha value is -2.89. The molecule has 0 fully saturated rings. The molecule has 0 aliphatic heterocycles. The molecule has 2 N–H and O–H groups in total. The van der Waals surface area contributed by atoms with Crippen LogP contribution in [0.25, 0.3) is 11.1 Å². The van der Waals surface area contributed by atoms with Crippen LogP contribution in [-0.2, 0) is 0 Å². The van der Waals surface area contributed by atoms with Gasteiger partial charge in [0.25, 0.3) is 6.01 Å². The summed E-state index contributed by atoms with van der Waals surface area (Å²) in [6, 6.07) is 9.18. The largest absolute Gasteiger partial charge is 0.478 e. The molecule has 0 aliphatic rings. The van der Waals surface area contributed by atoms with Gasteiger partial charge in [0.2, 0.25) is 0 Å². The van der Waals surface area contributed by atoms with Crippen LogP contribution in [0.15, 0.2) is 40.8 Å². The van der Waals surface area contributed by atoms with Crippen molar-refractivity contribution in [3.63, 3.8) is 0 Å². The number of carboxylic acids is 1. The maximum atomic E-state index is 13.8. The molecule has 0 unspecified atom stereocenters. The lowest BCUT2D eigenvalue weighted by molar-refractivity contribution is 0.0697. The summed E-state index contributed by atoms with van der Waals surface area (Å²) in [5, 5.41) is 11.7. The van der Waals surface area contributed by atoms with E-state index in [1.807, 2.05) is 0 Å². The number of fused-ring (bicyclic) bond motifs is 1. The average Bonchev–Trinajstić information content (AvgIpc) is 2.84. The minimum Gasteiger partial charge on any atom is -0.478 e. The summed E-state index contributed by atoms with van der Waals surface area (Å²) in [6.45, 7) is 1.76. The number of carbonyl (C=O) groups is 1. The summed E-state index contributed by atoms with van der Waals surface area (Å²) in [5.74, 6) is -1.46. The van der Waals surface area contributed by atoms with Crippen LogP contribution in [0.3, 0.4) is 0 Å². The fourth-order valence-electron chi connectivity index (χ4n) is 2.01. The Kier molecular flexibility index (Phi) is 3.06. The van der Waals surface area contributed by atoms with Crippen LogP contribution >= 0.6 is 0 Å². The smallest absolute Gasteiger partial charge is 0.335 e. The number of anilines is 2. The lowest BCUT2D eigenvalue weighted by Crippen LogP contribution is -1.96. The van der Waals surface area contributed by atoms with Crippen molar-refractivity contribution in [1.82, 2.24) is 4.98 Å². The summed E-state index contributed by atoms with van der Waals surface area (Å²) in [6.07, 6.45) is 0. The first-order valence-corrected chi connectivity index (χ1v) is 6.20. The fourth-order valence-corrected chi connectivity index (χ4v) is 2.01. The van der Waals surface area contributed by atoms with Gasteiger partial charge < -0.3 is 14.8 Å². The summed E-state index contributed by atoms with van der Waals surface area (Å²) < 4.78 is 19.2. The second-order valence-electron chi connectivity index (χ2n) is 4.56. The van der Waals surface area contributed by atoms with E-state index in [1.54, 1.807) is 25.1 Å². The first-order valence-electron chi connectivity index (χ1n) is 6.20. The second kappa shape index (κ2) is 4.90. The Balaban J connectivity index is 2.00. The third kappa shape index (κ3) is 2.43. The number of hydrogen-bond donors (Lipinski definition) is 2. The van der Waals surface area contributed by atoms with Crippen molar-refractivity contribution in [2.24, 2.45) is 0 Å². The number of rotatable bonds is 3. The van der Waals surface area contributed by atoms with Gasteiger partial charge in [-0.1, -0.05) is 12.1 Å². The van der Waals surface area contributed by atoms with Crippen LogP contribution in [0.4, 0.5) is 16.1 Å². The van der Waals surface area contributed by atoms with E-state index in [4.69, 9.17) is 9.52 Å². The van der Waals surface area contributed by atoms with Crippen LogP contribution < -0.4 is 5.32 Å². The molecule has 21 heavy (non-hydrogen) atoms. The SMILES string of the molecule is Cc1cccc(F)c1Nc1nc2ccc(C(=O)O)cc2o1. The summed E-state index contributed by atoms with van der Waals surface area (Å²) >= 11 is 0. The Morgan fingerprint density at radius 1 is 1.33 bits per heavy atom. The number of nitrogens with one attached hydrogen (secondary N) is 1. The van der Waals surface area contributed by atoms with Crippen LogP contribution in [0.1, 0.15) is 15.9 Å². The summed E-state index contributed by atoms with van der Waals surface area (Å²) in [4.78, 5) is 15.1. The summed E-state index contributed by atoms with van der Waals surface area (Å²) in [7, 11) is 0. The molecular formula is C15H11FN2O3. The number of nitrogens with zero attached hydrogens (tertiary/aromatic N) is 1. The highest BCUT2D eigenvalue weighted by Crippen LogP contribution is 2.26. The molecular weight excluding hydrogens is 275 g/mol. The quantitative estimate of drug-likeness (QED) is 0.767. The minimum absolute atomic E-state index is 0.104. The van der Waals surface area contributed by atoms with E-state index in [1.165, 1.54) is 18.2 Å². The molecule has 1 aromatic heterocycles. The Morgan fingerprint density at radius 3 is 2.86 bits per heavy atom. The second-order valence-corrected chi connectivity index (χ2v) is 4.56. The molecule has 2 aromatic carbocycles. The van der Waals surface area contributed by atoms with Crippen molar-refractivity contribution in [2.45, 2.75) is 6.92 Å². The molecule has 3 rings (SSSR count). The van der Waals surface area contributed by atoms with E-state index < -0.39 is 11.8 Å². The Bertz CT molecular complexity index is 822. The number of carboxylic acid groups (broad SMARTS) is 1. The van der Waals surface area contributed by atoms with E-state index >= 15 is 0 Å². The highest BCUT2D eigenvalue weighted by atomic mass is 19.1. The first kappa shape index (κ1) is 13.1. The topological polar surface area (TPSA) is 75.4 Å². The van der Waals surface area contributed by atoms with Crippen LogP contribution in [0.2, 0.25) is 0 Å². The maximum Gasteiger partial charge on any atom is 0.335 e. The highest BCUT2D eigenvalue weighted by molar-refractivity contribution is 5.92. The van der Waals surface area contributed by atoms with Crippen LogP contribution in [0, 0.1) is 12.7 Å². The van der Waals surface area contributed by atoms with Gasteiger partial charge in [-0.2, -0.15) is 4.98 Å². The standard InChI is InChI=1S/C15H11FN2O3/c1-8-3-2-4-10(16)13(8)18-15-17-11-6-5-9(14(19)20)7-12(11)21-15/h2-7H,1H3,(H,17,18)(H,19,20). The molecule has 0 spiro atoms. The third-order valence-electron chi connectivity index (χ3n) is 3.09. The summed E-state index contributed by atoms with van der Waals surface area (Å²) in [5.41, 5.74) is 1.92. The van der Waals surface area contributed by atoms with Gasteiger partial charge >= 0.3 is 5.97 Å². The monoisotopic (exact) mass is 286 g/mol. The zero-order chi connectivity index (χ0) is 15.0. The number of hydrogen-bond acceptors (Lipinski definition) is 4. The van der Waals surface area contributed by atoms with Gasteiger partial charge in [0.15, 0.2) is 5.58 Å². The van der Waals surface area contributed by atoms with Crippen LogP contribution in [-0.4, -0.2) is 16.1 Å². The van der Waals surface area contributed by atoms with E-state index in [9.17, 15) is 9.18 Å². The predicted molar refractivity (Wildman–Crippen MR) is 75.4 cm³/mol. The lowest BCUT2D eigenvalue weighted by atomic mass is 10.2. The number of aromatic carboxylic acids is 1. The van der Waals surface area contributed by atoms with Crippen molar-refractivity contribution in [3.05, 3.63) is 53.3 Å². The van der Waals surface area contributed by atoms with E-state index in [-0.39, 0.29) is 17.3 Å². The fraction of sp³-hybridized carbons (Fsp3) is 0.0667. The van der Waals surface area contributed by atoms with E-state index in [2.05, 4.69) is 10.3 Å². The zero-order valence-corrected chi connectivity index (χ0v) is 11.1. The van der Waals surface area contributed by atoms with Gasteiger partial charge in [0.1, 0.15) is 11.3 Å². The minimum atomic E-state index is -1.05. The molecule has 6 heteroatoms.